The summed E-state index contributed by atoms with van der Waals surface area (Å²) in [6.45, 7) is 3.84. The standard InChI is InChI=1S/C34H31ClN6OS/c35-29-10-4-5-11-31(29)40-17-19-41(20-18-40)32-21-30(27-8-2-1-3-9-27)38-34(39-32)43-24-25-12-14-28(15-13-25)33(42)37-23-26-7-6-16-36-22-26/h1-16,21-22H,17-20,23-24H2,(H,37,42). The van der Waals surface area contributed by atoms with E-state index in [0.29, 0.717) is 17.9 Å². The Balaban J connectivity index is 1.13. The highest BCUT2D eigenvalue weighted by Gasteiger charge is 2.21. The van der Waals surface area contributed by atoms with Crippen LogP contribution in [0.4, 0.5) is 11.5 Å². The summed E-state index contributed by atoms with van der Waals surface area (Å²) in [6, 6.07) is 31.8. The molecule has 0 atom stereocenters. The van der Waals surface area contributed by atoms with Crippen LogP contribution in [-0.2, 0) is 12.3 Å². The molecule has 5 aromatic rings. The molecule has 2 aromatic heterocycles. The molecule has 0 aliphatic carbocycles. The van der Waals surface area contributed by atoms with Crippen molar-refractivity contribution in [1.82, 2.24) is 20.3 Å². The number of pyridine rings is 1. The highest BCUT2D eigenvalue weighted by atomic mass is 35.5. The summed E-state index contributed by atoms with van der Waals surface area (Å²) < 4.78 is 0. The minimum absolute atomic E-state index is 0.110. The van der Waals surface area contributed by atoms with E-state index in [9.17, 15) is 4.79 Å². The molecule has 1 amide bonds. The Morgan fingerprint density at radius 3 is 2.30 bits per heavy atom. The van der Waals surface area contributed by atoms with Gasteiger partial charge in [0.25, 0.3) is 5.91 Å². The van der Waals surface area contributed by atoms with E-state index >= 15 is 0 Å². The average molecular weight is 607 g/mol. The SMILES string of the molecule is O=C(NCc1cccnc1)c1ccc(CSc2nc(-c3ccccc3)cc(N3CCN(c4ccccc4Cl)CC3)n2)cc1. The number of hydrogen-bond acceptors (Lipinski definition) is 7. The van der Waals surface area contributed by atoms with E-state index in [0.717, 1.165) is 70.2 Å². The third-order valence-electron chi connectivity index (χ3n) is 7.32. The van der Waals surface area contributed by atoms with Gasteiger partial charge in [-0.25, -0.2) is 9.97 Å². The van der Waals surface area contributed by atoms with Gasteiger partial charge in [0.05, 0.1) is 16.4 Å². The van der Waals surface area contributed by atoms with Crippen LogP contribution < -0.4 is 15.1 Å². The van der Waals surface area contributed by atoms with E-state index in [1.54, 1.807) is 24.2 Å². The number of para-hydroxylation sites is 1. The van der Waals surface area contributed by atoms with Crippen LogP contribution in [0.2, 0.25) is 5.02 Å². The predicted octanol–water partition coefficient (Wildman–Crippen LogP) is 6.74. The quantitative estimate of drug-likeness (QED) is 0.147. The number of nitrogens with one attached hydrogen (secondary N) is 1. The zero-order chi connectivity index (χ0) is 29.4. The minimum atomic E-state index is -0.110. The Labute approximate surface area is 261 Å². The van der Waals surface area contributed by atoms with Gasteiger partial charge in [-0.2, -0.15) is 0 Å². The zero-order valence-electron chi connectivity index (χ0n) is 23.6. The fourth-order valence-electron chi connectivity index (χ4n) is 4.97. The summed E-state index contributed by atoms with van der Waals surface area (Å²) in [4.78, 5) is 31.3. The van der Waals surface area contributed by atoms with E-state index in [4.69, 9.17) is 21.6 Å². The van der Waals surface area contributed by atoms with Crippen molar-refractivity contribution in [3.63, 3.8) is 0 Å². The van der Waals surface area contributed by atoms with Crippen LogP contribution in [-0.4, -0.2) is 47.0 Å². The first-order chi connectivity index (χ1) is 21.1. The topological polar surface area (TPSA) is 74.2 Å². The second kappa shape index (κ2) is 13.7. The van der Waals surface area contributed by atoms with Crippen LogP contribution >= 0.6 is 23.4 Å². The Bertz CT molecular complexity index is 1660. The number of halogens is 1. The van der Waals surface area contributed by atoms with Gasteiger partial charge in [0.15, 0.2) is 5.16 Å². The number of rotatable bonds is 9. The molecule has 1 N–H and O–H groups in total. The van der Waals surface area contributed by atoms with Crippen molar-refractivity contribution in [3.8, 4) is 11.3 Å². The monoisotopic (exact) mass is 606 g/mol. The molecule has 43 heavy (non-hydrogen) atoms. The van der Waals surface area contributed by atoms with Crippen molar-refractivity contribution in [2.75, 3.05) is 36.0 Å². The maximum Gasteiger partial charge on any atom is 0.251 e. The lowest BCUT2D eigenvalue weighted by molar-refractivity contribution is 0.0951. The number of amides is 1. The summed E-state index contributed by atoms with van der Waals surface area (Å²) in [7, 11) is 0. The van der Waals surface area contributed by atoms with Crippen molar-refractivity contribution in [1.29, 1.82) is 0 Å². The van der Waals surface area contributed by atoms with Crippen LogP contribution in [0.5, 0.6) is 0 Å². The van der Waals surface area contributed by atoms with Crippen LogP contribution in [0.1, 0.15) is 21.5 Å². The van der Waals surface area contributed by atoms with Crippen LogP contribution in [0.15, 0.2) is 115 Å². The number of nitrogens with zero attached hydrogens (tertiary/aromatic N) is 5. The average Bonchev–Trinajstić information content (AvgIpc) is 3.07. The largest absolute Gasteiger partial charge is 0.367 e. The van der Waals surface area contributed by atoms with Crippen molar-refractivity contribution < 1.29 is 4.79 Å². The summed E-state index contributed by atoms with van der Waals surface area (Å²) in [5.74, 6) is 1.51. The van der Waals surface area contributed by atoms with Gasteiger partial charge in [0.2, 0.25) is 0 Å². The lowest BCUT2D eigenvalue weighted by Crippen LogP contribution is -2.47. The Morgan fingerprint density at radius 1 is 0.814 bits per heavy atom. The van der Waals surface area contributed by atoms with Crippen molar-refractivity contribution in [3.05, 3.63) is 131 Å². The smallest absolute Gasteiger partial charge is 0.251 e. The highest BCUT2D eigenvalue weighted by Crippen LogP contribution is 2.30. The van der Waals surface area contributed by atoms with Gasteiger partial charge in [-0.1, -0.05) is 84.0 Å². The first-order valence-electron chi connectivity index (χ1n) is 14.2. The molecule has 1 aliphatic rings. The first kappa shape index (κ1) is 28.7. The van der Waals surface area contributed by atoms with Gasteiger partial charge in [0.1, 0.15) is 5.82 Å². The van der Waals surface area contributed by atoms with Crippen molar-refractivity contribution >= 4 is 40.8 Å². The minimum Gasteiger partial charge on any atom is -0.367 e. The van der Waals surface area contributed by atoms with Gasteiger partial charge in [-0.05, 0) is 41.5 Å². The Hall–Kier alpha value is -4.40. The number of carbonyl (C=O) groups is 1. The Kier molecular flexibility index (Phi) is 9.16. The molecule has 0 bridgehead atoms. The van der Waals surface area contributed by atoms with Crippen LogP contribution in [0, 0.1) is 0 Å². The number of benzene rings is 3. The number of carbonyl (C=O) groups excluding carboxylic acids is 1. The number of aromatic nitrogens is 3. The molecule has 3 aromatic carbocycles. The van der Waals surface area contributed by atoms with Crippen molar-refractivity contribution in [2.24, 2.45) is 0 Å². The lowest BCUT2D eigenvalue weighted by Gasteiger charge is -2.37. The summed E-state index contributed by atoms with van der Waals surface area (Å²) in [5.41, 5.74) is 5.72. The second-order valence-electron chi connectivity index (χ2n) is 10.2. The number of piperazine rings is 1. The van der Waals surface area contributed by atoms with E-state index < -0.39 is 0 Å². The molecule has 1 saturated heterocycles. The molecule has 3 heterocycles. The fourth-order valence-corrected chi connectivity index (χ4v) is 6.03. The van der Waals surface area contributed by atoms with Gasteiger partial charge in [-0.3, -0.25) is 9.78 Å². The van der Waals surface area contributed by atoms with Crippen molar-refractivity contribution in [2.45, 2.75) is 17.5 Å². The van der Waals surface area contributed by atoms with Gasteiger partial charge in [-0.15, -0.1) is 0 Å². The molecule has 7 nitrogen and oxygen atoms in total. The van der Waals surface area contributed by atoms with E-state index in [2.05, 4.69) is 44.4 Å². The fraction of sp³-hybridized carbons (Fsp3) is 0.176. The molecule has 0 radical (unpaired) electrons. The molecular weight excluding hydrogens is 576 g/mol. The number of anilines is 2. The van der Waals surface area contributed by atoms with E-state index in [1.807, 2.05) is 72.8 Å². The van der Waals surface area contributed by atoms with E-state index in [-0.39, 0.29) is 5.91 Å². The summed E-state index contributed by atoms with van der Waals surface area (Å²) in [5, 5.41) is 4.45. The molecule has 0 unspecified atom stereocenters. The lowest BCUT2D eigenvalue weighted by atomic mass is 10.1. The molecule has 1 aliphatic heterocycles. The molecular formula is C34H31ClN6OS. The number of hydrogen-bond donors (Lipinski definition) is 1. The normalized spacial score (nSPS) is 13.1. The Morgan fingerprint density at radius 2 is 1.56 bits per heavy atom. The summed E-state index contributed by atoms with van der Waals surface area (Å²) >= 11 is 8.06. The predicted molar refractivity (Wildman–Crippen MR) is 175 cm³/mol. The van der Waals surface area contributed by atoms with Crippen LogP contribution in [0.3, 0.4) is 0 Å². The first-order valence-corrected chi connectivity index (χ1v) is 15.6. The molecule has 216 valence electrons. The van der Waals surface area contributed by atoms with Crippen LogP contribution in [0.25, 0.3) is 11.3 Å². The molecule has 1 fully saturated rings. The molecule has 0 spiro atoms. The second-order valence-corrected chi connectivity index (χ2v) is 11.6. The van der Waals surface area contributed by atoms with E-state index in [1.165, 1.54) is 0 Å². The van der Waals surface area contributed by atoms with Gasteiger partial charge >= 0.3 is 0 Å². The molecule has 6 rings (SSSR count). The van der Waals surface area contributed by atoms with Gasteiger partial charge in [0, 0.05) is 68.1 Å². The number of thioether (sulfide) groups is 1. The molecule has 9 heteroatoms. The zero-order valence-corrected chi connectivity index (χ0v) is 25.1. The third kappa shape index (κ3) is 7.34. The summed E-state index contributed by atoms with van der Waals surface area (Å²) in [6.07, 6.45) is 3.47. The maximum atomic E-state index is 12.6. The molecule has 0 saturated carbocycles. The third-order valence-corrected chi connectivity index (χ3v) is 8.56. The maximum absolute atomic E-state index is 12.6. The highest BCUT2D eigenvalue weighted by molar-refractivity contribution is 7.98. The van der Waals surface area contributed by atoms with Gasteiger partial charge < -0.3 is 15.1 Å².